The number of rotatable bonds is 3. The molecule has 18 heavy (non-hydrogen) atoms. The number of nitriles is 1. The van der Waals surface area contributed by atoms with Crippen LogP contribution in [0.25, 0.3) is 11.1 Å². The van der Waals surface area contributed by atoms with Gasteiger partial charge in [0.05, 0.1) is 19.3 Å². The van der Waals surface area contributed by atoms with Gasteiger partial charge in [0.2, 0.25) is 0 Å². The minimum absolute atomic E-state index is 0.00320. The molecule has 3 rings (SSSR count). The molecule has 2 aromatic rings. The SMILES string of the molecule is Cc1nc2cc(C3(CCC#N)COC3)ccc2o1. The fourth-order valence-corrected chi connectivity index (χ4v) is 2.47. The molecule has 0 bridgehead atoms. The number of ether oxygens (including phenoxy) is 1. The predicted molar refractivity (Wildman–Crippen MR) is 66.1 cm³/mol. The Labute approximate surface area is 105 Å². The highest BCUT2D eigenvalue weighted by Gasteiger charge is 2.40. The van der Waals surface area contributed by atoms with Gasteiger partial charge in [0.1, 0.15) is 5.52 Å². The normalized spacial score (nSPS) is 17.3. The van der Waals surface area contributed by atoms with E-state index in [2.05, 4.69) is 23.2 Å². The van der Waals surface area contributed by atoms with Crippen LogP contribution in [0.3, 0.4) is 0 Å². The van der Waals surface area contributed by atoms with Gasteiger partial charge < -0.3 is 9.15 Å². The summed E-state index contributed by atoms with van der Waals surface area (Å²) in [6, 6.07) is 8.29. The number of fused-ring (bicyclic) bond motifs is 1. The van der Waals surface area contributed by atoms with Gasteiger partial charge in [0, 0.05) is 18.8 Å². The lowest BCUT2D eigenvalue weighted by Gasteiger charge is -2.41. The second-order valence-electron chi connectivity index (χ2n) is 4.85. The number of aromatic nitrogens is 1. The van der Waals surface area contributed by atoms with Crippen molar-refractivity contribution < 1.29 is 9.15 Å². The van der Waals surface area contributed by atoms with Gasteiger partial charge in [-0.25, -0.2) is 4.98 Å². The lowest BCUT2D eigenvalue weighted by molar-refractivity contribution is -0.0636. The van der Waals surface area contributed by atoms with Gasteiger partial charge in [-0.2, -0.15) is 5.26 Å². The van der Waals surface area contributed by atoms with Crippen LogP contribution < -0.4 is 0 Å². The maximum absolute atomic E-state index is 8.75. The molecule has 0 spiro atoms. The Morgan fingerprint density at radius 1 is 1.44 bits per heavy atom. The molecule has 2 heterocycles. The zero-order valence-electron chi connectivity index (χ0n) is 10.3. The smallest absolute Gasteiger partial charge is 0.192 e. The van der Waals surface area contributed by atoms with Crippen molar-refractivity contribution in [1.29, 1.82) is 5.26 Å². The first kappa shape index (κ1) is 11.2. The maximum Gasteiger partial charge on any atom is 0.192 e. The zero-order chi connectivity index (χ0) is 12.6. The third-order valence-corrected chi connectivity index (χ3v) is 3.58. The summed E-state index contributed by atoms with van der Waals surface area (Å²) in [5.41, 5.74) is 2.89. The number of benzene rings is 1. The molecule has 0 N–H and O–H groups in total. The molecular weight excluding hydrogens is 228 g/mol. The van der Waals surface area contributed by atoms with Crippen molar-refractivity contribution in [2.24, 2.45) is 0 Å². The lowest BCUT2D eigenvalue weighted by atomic mass is 9.75. The van der Waals surface area contributed by atoms with Crippen molar-refractivity contribution in [3.63, 3.8) is 0 Å². The highest BCUT2D eigenvalue weighted by Crippen LogP contribution is 2.37. The Bertz CT molecular complexity index is 620. The third-order valence-electron chi connectivity index (χ3n) is 3.58. The van der Waals surface area contributed by atoms with Crippen LogP contribution >= 0.6 is 0 Å². The molecule has 92 valence electrons. The molecule has 0 saturated carbocycles. The van der Waals surface area contributed by atoms with E-state index in [-0.39, 0.29) is 5.41 Å². The van der Waals surface area contributed by atoms with Crippen LogP contribution in [-0.4, -0.2) is 18.2 Å². The van der Waals surface area contributed by atoms with Crippen molar-refractivity contribution in [2.45, 2.75) is 25.2 Å². The molecule has 0 radical (unpaired) electrons. The molecule has 4 nitrogen and oxygen atoms in total. The molecule has 0 amide bonds. The predicted octanol–water partition coefficient (Wildman–Crippen LogP) is 2.71. The van der Waals surface area contributed by atoms with Gasteiger partial charge in [-0.15, -0.1) is 0 Å². The van der Waals surface area contributed by atoms with Gasteiger partial charge in [0.25, 0.3) is 0 Å². The maximum atomic E-state index is 8.75. The minimum atomic E-state index is -0.00320. The number of oxazole rings is 1. The molecular formula is C14H14N2O2. The fraction of sp³-hybridized carbons (Fsp3) is 0.429. The molecule has 1 aliphatic heterocycles. The van der Waals surface area contributed by atoms with E-state index in [0.717, 1.165) is 17.5 Å². The van der Waals surface area contributed by atoms with Gasteiger partial charge in [-0.3, -0.25) is 0 Å². The van der Waals surface area contributed by atoms with E-state index in [1.54, 1.807) is 0 Å². The molecule has 4 heteroatoms. The van der Waals surface area contributed by atoms with Crippen molar-refractivity contribution in [2.75, 3.05) is 13.2 Å². The van der Waals surface area contributed by atoms with E-state index in [4.69, 9.17) is 14.4 Å². The van der Waals surface area contributed by atoms with E-state index in [9.17, 15) is 0 Å². The first-order chi connectivity index (χ1) is 8.73. The van der Waals surface area contributed by atoms with E-state index in [0.29, 0.717) is 25.5 Å². The highest BCUT2D eigenvalue weighted by atomic mass is 16.5. The number of aryl methyl sites for hydroxylation is 1. The first-order valence-electron chi connectivity index (χ1n) is 6.06. The summed E-state index contributed by atoms with van der Waals surface area (Å²) in [6.45, 7) is 3.23. The molecule has 0 unspecified atom stereocenters. The summed E-state index contributed by atoms with van der Waals surface area (Å²) in [4.78, 5) is 4.35. The van der Waals surface area contributed by atoms with Crippen molar-refractivity contribution in [3.8, 4) is 6.07 Å². The molecule has 1 saturated heterocycles. The van der Waals surface area contributed by atoms with E-state index in [1.807, 2.05) is 13.0 Å². The van der Waals surface area contributed by atoms with Gasteiger partial charge in [-0.05, 0) is 24.1 Å². The Hall–Kier alpha value is -1.86. The number of hydrogen-bond acceptors (Lipinski definition) is 4. The van der Waals surface area contributed by atoms with E-state index < -0.39 is 0 Å². The highest BCUT2D eigenvalue weighted by molar-refractivity contribution is 5.74. The van der Waals surface area contributed by atoms with Crippen LogP contribution in [0.15, 0.2) is 22.6 Å². The van der Waals surface area contributed by atoms with E-state index >= 15 is 0 Å². The topological polar surface area (TPSA) is 59.0 Å². The van der Waals surface area contributed by atoms with Crippen LogP contribution in [0.5, 0.6) is 0 Å². The summed E-state index contributed by atoms with van der Waals surface area (Å²) in [5, 5.41) is 8.75. The first-order valence-corrected chi connectivity index (χ1v) is 6.06. The van der Waals surface area contributed by atoms with Crippen LogP contribution in [-0.2, 0) is 10.2 Å². The minimum Gasteiger partial charge on any atom is -0.441 e. The van der Waals surface area contributed by atoms with E-state index in [1.165, 1.54) is 5.56 Å². The Kier molecular flexibility index (Phi) is 2.57. The monoisotopic (exact) mass is 242 g/mol. The van der Waals surface area contributed by atoms with Crippen molar-refractivity contribution >= 4 is 11.1 Å². The average molecular weight is 242 g/mol. The molecule has 1 aromatic carbocycles. The summed E-state index contributed by atoms with van der Waals surface area (Å²) in [6.07, 6.45) is 1.39. The number of nitrogens with zero attached hydrogens (tertiary/aromatic N) is 2. The molecule has 1 aliphatic rings. The average Bonchev–Trinajstić information content (AvgIpc) is 2.67. The van der Waals surface area contributed by atoms with Crippen LogP contribution in [0, 0.1) is 18.3 Å². The zero-order valence-corrected chi connectivity index (χ0v) is 10.3. The summed E-state index contributed by atoms with van der Waals surface area (Å²) in [7, 11) is 0. The second kappa shape index (κ2) is 4.11. The Morgan fingerprint density at radius 3 is 2.94 bits per heavy atom. The quantitative estimate of drug-likeness (QED) is 0.830. The Morgan fingerprint density at radius 2 is 2.28 bits per heavy atom. The summed E-state index contributed by atoms with van der Waals surface area (Å²) < 4.78 is 10.8. The molecule has 1 aromatic heterocycles. The lowest BCUT2D eigenvalue weighted by Crippen LogP contribution is -2.46. The van der Waals surface area contributed by atoms with Crippen molar-refractivity contribution in [3.05, 3.63) is 29.7 Å². The standard InChI is InChI=1S/C14H14N2O2/c1-10-16-12-7-11(3-4-13(12)18-10)14(5-2-6-15)8-17-9-14/h3-4,7H,2,5,8-9H2,1H3. The van der Waals surface area contributed by atoms with Crippen LogP contribution in [0.4, 0.5) is 0 Å². The molecule has 1 fully saturated rings. The summed E-state index contributed by atoms with van der Waals surface area (Å²) >= 11 is 0. The fourth-order valence-electron chi connectivity index (χ4n) is 2.47. The summed E-state index contributed by atoms with van der Waals surface area (Å²) in [5.74, 6) is 0.679. The van der Waals surface area contributed by atoms with Crippen molar-refractivity contribution in [1.82, 2.24) is 4.98 Å². The molecule has 0 atom stereocenters. The van der Waals surface area contributed by atoms with Gasteiger partial charge in [0.15, 0.2) is 11.5 Å². The van der Waals surface area contributed by atoms with Gasteiger partial charge >= 0.3 is 0 Å². The molecule has 0 aliphatic carbocycles. The third kappa shape index (κ3) is 1.68. The second-order valence-corrected chi connectivity index (χ2v) is 4.85. The Balaban J connectivity index is 1.99. The largest absolute Gasteiger partial charge is 0.441 e. The van der Waals surface area contributed by atoms with Gasteiger partial charge in [-0.1, -0.05) is 6.07 Å². The number of hydrogen-bond donors (Lipinski definition) is 0. The van der Waals surface area contributed by atoms with Crippen LogP contribution in [0.1, 0.15) is 24.3 Å². The van der Waals surface area contributed by atoms with Crippen LogP contribution in [0.2, 0.25) is 0 Å².